The summed E-state index contributed by atoms with van der Waals surface area (Å²) in [5.41, 5.74) is 4.06. The second-order valence-electron chi connectivity index (χ2n) is 5.62. The number of nitrogens with zero attached hydrogens (tertiary/aromatic N) is 1. The Kier molecular flexibility index (Phi) is 2.46. The lowest BCUT2D eigenvalue weighted by molar-refractivity contribution is 0.311. The van der Waals surface area contributed by atoms with Crippen molar-refractivity contribution in [2.75, 3.05) is 20.1 Å². The summed E-state index contributed by atoms with van der Waals surface area (Å²) >= 11 is 0. The maximum atomic E-state index is 2.50. The average molecular weight is 193 g/mol. The summed E-state index contributed by atoms with van der Waals surface area (Å²) in [4.78, 5) is 2.50. The first-order valence-corrected chi connectivity index (χ1v) is 5.94. The van der Waals surface area contributed by atoms with Gasteiger partial charge in [-0.05, 0) is 45.7 Å². The standard InChI is InChI=1S/C13H23N/c1-10(2)12-11(3)5-6-13(12)7-8-14(4)9-13/h10H,5-9H2,1-4H3. The third-order valence-electron chi connectivity index (χ3n) is 4.13. The molecule has 0 bridgehead atoms. The smallest absolute Gasteiger partial charge is 0.00731 e. The van der Waals surface area contributed by atoms with E-state index in [1.807, 2.05) is 0 Å². The minimum absolute atomic E-state index is 0.576. The summed E-state index contributed by atoms with van der Waals surface area (Å²) in [6.07, 6.45) is 4.16. The molecular weight excluding hydrogens is 170 g/mol. The summed E-state index contributed by atoms with van der Waals surface area (Å²) in [5, 5.41) is 0. The van der Waals surface area contributed by atoms with E-state index in [9.17, 15) is 0 Å². The number of hydrogen-bond acceptors (Lipinski definition) is 1. The second-order valence-corrected chi connectivity index (χ2v) is 5.62. The summed E-state index contributed by atoms with van der Waals surface area (Å²) in [6, 6.07) is 0. The zero-order valence-electron chi connectivity index (χ0n) is 10.1. The summed E-state index contributed by atoms with van der Waals surface area (Å²) in [6.45, 7) is 9.68. The van der Waals surface area contributed by atoms with Crippen molar-refractivity contribution in [3.63, 3.8) is 0 Å². The molecule has 80 valence electrons. The maximum absolute atomic E-state index is 2.50. The molecule has 1 saturated heterocycles. The monoisotopic (exact) mass is 193 g/mol. The highest BCUT2D eigenvalue weighted by Gasteiger charge is 2.44. The molecule has 1 heterocycles. The lowest BCUT2D eigenvalue weighted by Gasteiger charge is -2.30. The Hall–Kier alpha value is -0.300. The van der Waals surface area contributed by atoms with E-state index < -0.39 is 0 Å². The SMILES string of the molecule is CC1=C(C(C)C)C2(CC1)CCN(C)C2. The van der Waals surface area contributed by atoms with E-state index in [2.05, 4.69) is 32.7 Å². The van der Waals surface area contributed by atoms with E-state index in [1.165, 1.54) is 32.4 Å². The fourth-order valence-electron chi connectivity index (χ4n) is 3.76. The summed E-state index contributed by atoms with van der Waals surface area (Å²) in [5.74, 6) is 0.754. The lowest BCUT2D eigenvalue weighted by atomic mass is 9.75. The van der Waals surface area contributed by atoms with E-state index in [0.717, 1.165) is 5.92 Å². The van der Waals surface area contributed by atoms with E-state index in [-0.39, 0.29) is 0 Å². The largest absolute Gasteiger partial charge is 0.305 e. The van der Waals surface area contributed by atoms with Crippen molar-refractivity contribution in [3.8, 4) is 0 Å². The van der Waals surface area contributed by atoms with E-state index >= 15 is 0 Å². The topological polar surface area (TPSA) is 3.24 Å². The van der Waals surface area contributed by atoms with Crippen molar-refractivity contribution in [1.29, 1.82) is 0 Å². The van der Waals surface area contributed by atoms with Crippen LogP contribution in [0.5, 0.6) is 0 Å². The second kappa shape index (κ2) is 3.37. The normalized spacial score (nSPS) is 34.1. The Morgan fingerprint density at radius 2 is 2.00 bits per heavy atom. The minimum atomic E-state index is 0.576. The first-order valence-electron chi connectivity index (χ1n) is 5.94. The van der Waals surface area contributed by atoms with Gasteiger partial charge < -0.3 is 4.90 Å². The van der Waals surface area contributed by atoms with Crippen molar-refractivity contribution >= 4 is 0 Å². The van der Waals surface area contributed by atoms with Crippen LogP contribution in [0.15, 0.2) is 11.1 Å². The van der Waals surface area contributed by atoms with Gasteiger partial charge in [-0.1, -0.05) is 25.0 Å². The number of rotatable bonds is 1. The maximum Gasteiger partial charge on any atom is 0.00731 e. The van der Waals surface area contributed by atoms with E-state index in [0.29, 0.717) is 5.41 Å². The molecule has 0 aromatic carbocycles. The van der Waals surface area contributed by atoms with Gasteiger partial charge in [0.1, 0.15) is 0 Å². The fourth-order valence-corrected chi connectivity index (χ4v) is 3.76. The number of likely N-dealkylation sites (tertiary alicyclic amines) is 1. The first kappa shape index (κ1) is 10.2. The Labute approximate surface area is 88.2 Å². The highest BCUT2D eigenvalue weighted by Crippen LogP contribution is 2.51. The van der Waals surface area contributed by atoms with Gasteiger partial charge in [-0.2, -0.15) is 0 Å². The molecule has 1 spiro atoms. The van der Waals surface area contributed by atoms with Crippen LogP contribution in [0, 0.1) is 11.3 Å². The van der Waals surface area contributed by atoms with Crippen LogP contribution in [0.25, 0.3) is 0 Å². The molecule has 1 aliphatic heterocycles. The Balaban J connectivity index is 2.29. The van der Waals surface area contributed by atoms with Gasteiger partial charge in [0.15, 0.2) is 0 Å². The van der Waals surface area contributed by atoms with Crippen LogP contribution >= 0.6 is 0 Å². The summed E-state index contributed by atoms with van der Waals surface area (Å²) < 4.78 is 0. The number of allylic oxidation sites excluding steroid dienone is 1. The van der Waals surface area contributed by atoms with Crippen LogP contribution in [0.4, 0.5) is 0 Å². The predicted molar refractivity (Wildman–Crippen MR) is 61.3 cm³/mol. The van der Waals surface area contributed by atoms with E-state index in [4.69, 9.17) is 0 Å². The highest BCUT2D eigenvalue weighted by atomic mass is 15.1. The highest BCUT2D eigenvalue weighted by molar-refractivity contribution is 5.30. The minimum Gasteiger partial charge on any atom is -0.305 e. The van der Waals surface area contributed by atoms with Gasteiger partial charge in [0.2, 0.25) is 0 Å². The predicted octanol–water partition coefficient (Wildman–Crippen LogP) is 3.07. The molecule has 14 heavy (non-hydrogen) atoms. The molecule has 1 heteroatoms. The molecule has 0 aromatic rings. The third-order valence-corrected chi connectivity index (χ3v) is 4.13. The molecule has 0 amide bonds. The average Bonchev–Trinajstić information content (AvgIpc) is 2.58. The molecule has 2 rings (SSSR count). The van der Waals surface area contributed by atoms with Gasteiger partial charge in [-0.25, -0.2) is 0 Å². The molecular formula is C13H23N. The van der Waals surface area contributed by atoms with Gasteiger partial charge in [0.25, 0.3) is 0 Å². The Morgan fingerprint density at radius 1 is 1.29 bits per heavy atom. The van der Waals surface area contributed by atoms with Crippen molar-refractivity contribution in [1.82, 2.24) is 4.90 Å². The first-order chi connectivity index (χ1) is 6.55. The fraction of sp³-hybridized carbons (Fsp3) is 0.846. The summed E-state index contributed by atoms with van der Waals surface area (Å²) in [7, 11) is 2.26. The van der Waals surface area contributed by atoms with Crippen LogP contribution in [-0.2, 0) is 0 Å². The molecule has 0 saturated carbocycles. The van der Waals surface area contributed by atoms with E-state index in [1.54, 1.807) is 11.1 Å². The molecule has 1 nitrogen and oxygen atoms in total. The Morgan fingerprint density at radius 3 is 2.50 bits per heavy atom. The zero-order chi connectivity index (χ0) is 10.3. The zero-order valence-corrected chi connectivity index (χ0v) is 10.1. The van der Waals surface area contributed by atoms with Gasteiger partial charge in [-0.15, -0.1) is 0 Å². The van der Waals surface area contributed by atoms with Crippen LogP contribution in [0.2, 0.25) is 0 Å². The molecule has 0 radical (unpaired) electrons. The molecule has 1 unspecified atom stereocenters. The van der Waals surface area contributed by atoms with Crippen molar-refractivity contribution < 1.29 is 0 Å². The lowest BCUT2D eigenvalue weighted by Crippen LogP contribution is -2.26. The van der Waals surface area contributed by atoms with Crippen LogP contribution in [0.1, 0.15) is 40.0 Å². The van der Waals surface area contributed by atoms with Crippen molar-refractivity contribution in [2.24, 2.45) is 11.3 Å². The van der Waals surface area contributed by atoms with Crippen LogP contribution in [0.3, 0.4) is 0 Å². The Bertz CT molecular complexity index is 264. The molecule has 2 aliphatic rings. The third kappa shape index (κ3) is 1.42. The van der Waals surface area contributed by atoms with Crippen molar-refractivity contribution in [3.05, 3.63) is 11.1 Å². The quantitative estimate of drug-likeness (QED) is 0.578. The van der Waals surface area contributed by atoms with Crippen LogP contribution < -0.4 is 0 Å². The van der Waals surface area contributed by atoms with Gasteiger partial charge in [0, 0.05) is 12.0 Å². The van der Waals surface area contributed by atoms with Crippen LogP contribution in [-0.4, -0.2) is 25.0 Å². The van der Waals surface area contributed by atoms with Crippen molar-refractivity contribution in [2.45, 2.75) is 40.0 Å². The van der Waals surface area contributed by atoms with Gasteiger partial charge >= 0.3 is 0 Å². The molecule has 0 aromatic heterocycles. The molecule has 1 fully saturated rings. The molecule has 1 aliphatic carbocycles. The number of hydrogen-bond donors (Lipinski definition) is 0. The van der Waals surface area contributed by atoms with Gasteiger partial charge in [0.05, 0.1) is 0 Å². The molecule has 0 N–H and O–H groups in total. The van der Waals surface area contributed by atoms with Gasteiger partial charge in [-0.3, -0.25) is 0 Å². The molecule has 1 atom stereocenters.